The minimum atomic E-state index is 0.807. The third-order valence-corrected chi connectivity index (χ3v) is 4.25. The second kappa shape index (κ2) is 5.86. The molecule has 0 aromatic heterocycles. The number of hydrogen-bond acceptors (Lipinski definition) is 2. The van der Waals surface area contributed by atoms with Crippen LogP contribution in [0.4, 0.5) is 5.69 Å². The topological polar surface area (TPSA) is 15.3 Å². The lowest BCUT2D eigenvalue weighted by Crippen LogP contribution is -2.30. The summed E-state index contributed by atoms with van der Waals surface area (Å²) in [6.07, 6.45) is 1.10. The van der Waals surface area contributed by atoms with E-state index in [-0.39, 0.29) is 0 Å². The maximum atomic E-state index is 6.36. The number of benzene rings is 2. The molecule has 0 radical (unpaired) electrons. The van der Waals surface area contributed by atoms with Crippen molar-refractivity contribution in [1.29, 1.82) is 0 Å². The molecule has 0 aliphatic carbocycles. The Kier molecular flexibility index (Phi) is 3.95. The normalized spacial score (nSPS) is 14.2. The first-order valence-corrected chi connectivity index (χ1v) is 7.40. The molecule has 1 aliphatic heterocycles. The van der Waals surface area contributed by atoms with Crippen LogP contribution >= 0.6 is 11.6 Å². The first kappa shape index (κ1) is 13.5. The molecule has 0 unspecified atom stereocenters. The van der Waals surface area contributed by atoms with Crippen LogP contribution in [-0.2, 0) is 19.5 Å². The van der Waals surface area contributed by atoms with Crippen molar-refractivity contribution in [3.63, 3.8) is 0 Å². The lowest BCUT2D eigenvalue weighted by molar-refractivity contribution is 0.731. The fraction of sp³-hybridized carbons (Fsp3) is 0.294. The van der Waals surface area contributed by atoms with E-state index in [1.54, 1.807) is 0 Å². The number of halogens is 1. The van der Waals surface area contributed by atoms with Gasteiger partial charge in [-0.15, -0.1) is 0 Å². The number of rotatable bonds is 3. The number of nitrogens with zero attached hydrogens (tertiary/aromatic N) is 1. The molecule has 2 aromatic rings. The molecule has 0 saturated heterocycles. The van der Waals surface area contributed by atoms with Gasteiger partial charge in [0.25, 0.3) is 0 Å². The molecule has 2 nitrogen and oxygen atoms in total. The Morgan fingerprint density at radius 2 is 1.95 bits per heavy atom. The van der Waals surface area contributed by atoms with Gasteiger partial charge in [0.15, 0.2) is 0 Å². The Balaban J connectivity index is 1.83. The predicted molar refractivity (Wildman–Crippen MR) is 85.4 cm³/mol. The smallest absolute Gasteiger partial charge is 0.0471 e. The lowest BCUT2D eigenvalue weighted by atomic mass is 9.99. The van der Waals surface area contributed by atoms with E-state index in [2.05, 4.69) is 52.7 Å². The van der Waals surface area contributed by atoms with E-state index in [4.69, 9.17) is 11.6 Å². The molecule has 3 rings (SSSR count). The average Bonchev–Trinajstić information content (AvgIpc) is 2.49. The van der Waals surface area contributed by atoms with E-state index < -0.39 is 0 Å². The quantitative estimate of drug-likeness (QED) is 0.927. The Labute approximate surface area is 125 Å². The number of fused-ring (bicyclic) bond motifs is 1. The number of nitrogens with one attached hydrogen (secondary N) is 1. The molecule has 0 bridgehead atoms. The Morgan fingerprint density at radius 1 is 1.15 bits per heavy atom. The van der Waals surface area contributed by atoms with Gasteiger partial charge >= 0.3 is 0 Å². The van der Waals surface area contributed by atoms with Gasteiger partial charge in [-0.25, -0.2) is 0 Å². The molecule has 1 aliphatic rings. The summed E-state index contributed by atoms with van der Waals surface area (Å²) in [5, 5.41) is 3.98. The van der Waals surface area contributed by atoms with Crippen molar-refractivity contribution in [3.8, 4) is 0 Å². The van der Waals surface area contributed by atoms with E-state index in [1.165, 1.54) is 16.8 Å². The molecule has 20 heavy (non-hydrogen) atoms. The van der Waals surface area contributed by atoms with Gasteiger partial charge in [0.1, 0.15) is 0 Å². The summed E-state index contributed by atoms with van der Waals surface area (Å²) in [7, 11) is 1.94. The third kappa shape index (κ3) is 2.67. The number of anilines is 1. The molecule has 104 valence electrons. The maximum Gasteiger partial charge on any atom is 0.0471 e. The van der Waals surface area contributed by atoms with E-state index in [0.29, 0.717) is 0 Å². The molecule has 0 fully saturated rings. The highest BCUT2D eigenvalue weighted by Gasteiger charge is 2.16. The van der Waals surface area contributed by atoms with Crippen LogP contribution in [0.2, 0.25) is 5.02 Å². The summed E-state index contributed by atoms with van der Waals surface area (Å²) in [6, 6.07) is 15.1. The van der Waals surface area contributed by atoms with Gasteiger partial charge in [0.2, 0.25) is 0 Å². The van der Waals surface area contributed by atoms with Crippen LogP contribution in [0.1, 0.15) is 16.7 Å². The summed E-state index contributed by atoms with van der Waals surface area (Å²) in [5.41, 5.74) is 5.26. The predicted octanol–water partition coefficient (Wildman–Crippen LogP) is 3.62. The van der Waals surface area contributed by atoms with Gasteiger partial charge in [0, 0.05) is 30.3 Å². The van der Waals surface area contributed by atoms with Crippen LogP contribution in [0, 0.1) is 0 Å². The summed E-state index contributed by atoms with van der Waals surface area (Å²) in [4.78, 5) is 2.40. The largest absolute Gasteiger partial charge is 0.367 e. The summed E-state index contributed by atoms with van der Waals surface area (Å²) in [5.74, 6) is 0. The van der Waals surface area contributed by atoms with Crippen LogP contribution in [0.25, 0.3) is 0 Å². The van der Waals surface area contributed by atoms with E-state index in [1.807, 2.05) is 7.05 Å². The van der Waals surface area contributed by atoms with Crippen molar-refractivity contribution in [2.75, 3.05) is 18.5 Å². The van der Waals surface area contributed by atoms with Gasteiger partial charge in [0.05, 0.1) is 0 Å². The van der Waals surface area contributed by atoms with Gasteiger partial charge in [-0.05, 0) is 42.3 Å². The van der Waals surface area contributed by atoms with Crippen molar-refractivity contribution < 1.29 is 0 Å². The molecule has 1 N–H and O–H groups in total. The summed E-state index contributed by atoms with van der Waals surface area (Å²) >= 11 is 6.36. The molecular formula is C17H19ClN2. The van der Waals surface area contributed by atoms with Crippen LogP contribution in [-0.4, -0.2) is 13.6 Å². The van der Waals surface area contributed by atoms with Gasteiger partial charge in [-0.2, -0.15) is 0 Å². The van der Waals surface area contributed by atoms with Crippen molar-refractivity contribution in [2.45, 2.75) is 19.5 Å². The molecule has 1 heterocycles. The van der Waals surface area contributed by atoms with Crippen LogP contribution < -0.4 is 10.2 Å². The second-order valence-corrected chi connectivity index (χ2v) is 5.65. The Bertz CT molecular complexity index is 610. The molecule has 0 saturated carbocycles. The van der Waals surface area contributed by atoms with Crippen LogP contribution in [0.5, 0.6) is 0 Å². The van der Waals surface area contributed by atoms with E-state index >= 15 is 0 Å². The molecule has 2 aromatic carbocycles. The highest BCUT2D eigenvalue weighted by atomic mass is 35.5. The highest BCUT2D eigenvalue weighted by Crippen LogP contribution is 2.28. The Morgan fingerprint density at radius 3 is 2.70 bits per heavy atom. The van der Waals surface area contributed by atoms with E-state index in [9.17, 15) is 0 Å². The highest BCUT2D eigenvalue weighted by molar-refractivity contribution is 6.31. The van der Waals surface area contributed by atoms with E-state index in [0.717, 1.165) is 36.6 Å². The first-order chi connectivity index (χ1) is 9.78. The van der Waals surface area contributed by atoms with Crippen molar-refractivity contribution in [3.05, 3.63) is 64.2 Å². The van der Waals surface area contributed by atoms with Crippen molar-refractivity contribution >= 4 is 17.3 Å². The Hall–Kier alpha value is -1.51. The van der Waals surface area contributed by atoms with Gasteiger partial charge in [-0.1, -0.05) is 41.9 Å². The van der Waals surface area contributed by atoms with Gasteiger partial charge in [-0.3, -0.25) is 0 Å². The lowest BCUT2D eigenvalue weighted by Gasteiger charge is -2.31. The van der Waals surface area contributed by atoms with Crippen molar-refractivity contribution in [2.24, 2.45) is 0 Å². The fourth-order valence-corrected chi connectivity index (χ4v) is 3.02. The second-order valence-electron chi connectivity index (χ2n) is 5.25. The SMILES string of the molecule is CNCc1ccc(N2CCc3ccccc3C2)cc1Cl. The standard InChI is InChI=1S/C17H19ClN2/c1-19-11-14-6-7-16(10-17(14)18)20-9-8-13-4-2-3-5-15(13)12-20/h2-7,10,19H,8-9,11-12H2,1H3. The zero-order valence-electron chi connectivity index (χ0n) is 11.7. The zero-order valence-corrected chi connectivity index (χ0v) is 12.5. The zero-order chi connectivity index (χ0) is 13.9. The average molecular weight is 287 g/mol. The minimum Gasteiger partial charge on any atom is -0.367 e. The van der Waals surface area contributed by atoms with Gasteiger partial charge < -0.3 is 10.2 Å². The third-order valence-electron chi connectivity index (χ3n) is 3.90. The number of hydrogen-bond donors (Lipinski definition) is 1. The molecular weight excluding hydrogens is 268 g/mol. The first-order valence-electron chi connectivity index (χ1n) is 7.02. The molecule has 3 heteroatoms. The molecule has 0 amide bonds. The van der Waals surface area contributed by atoms with Crippen molar-refractivity contribution in [1.82, 2.24) is 5.32 Å². The van der Waals surface area contributed by atoms with Crippen LogP contribution in [0.3, 0.4) is 0 Å². The molecule has 0 atom stereocenters. The minimum absolute atomic E-state index is 0.807. The van der Waals surface area contributed by atoms with Crippen LogP contribution in [0.15, 0.2) is 42.5 Å². The summed E-state index contributed by atoms with van der Waals surface area (Å²) < 4.78 is 0. The summed E-state index contributed by atoms with van der Waals surface area (Å²) in [6.45, 7) is 2.83. The maximum absolute atomic E-state index is 6.36. The molecule has 0 spiro atoms. The monoisotopic (exact) mass is 286 g/mol. The fourth-order valence-electron chi connectivity index (χ4n) is 2.78.